The zero-order chi connectivity index (χ0) is 37.5. The molecule has 3 heterocycles. The highest BCUT2D eigenvalue weighted by molar-refractivity contribution is 7.88. The third-order valence-electron chi connectivity index (χ3n) is 9.63. The minimum absolute atomic E-state index is 0.0272. The number of alkyl carbamates (subject to hydrolysis) is 1. The molecule has 14 nitrogen and oxygen atoms in total. The van der Waals surface area contributed by atoms with E-state index in [4.69, 9.17) is 14.2 Å². The maximum Gasteiger partial charge on any atom is 0.534 e. The molecule has 1 aliphatic carbocycles. The molecular weight excluding hydrogens is 701 g/mol. The first-order valence-corrected chi connectivity index (χ1v) is 18.3. The summed E-state index contributed by atoms with van der Waals surface area (Å²) in [6.07, 6.45) is 2.18. The average Bonchev–Trinajstić information content (AvgIpc) is 3.60. The minimum Gasteiger partial charge on any atom is -0.467 e. The fourth-order valence-electron chi connectivity index (χ4n) is 7.09. The molecular formula is C33H43F3N4O10S. The summed E-state index contributed by atoms with van der Waals surface area (Å²) in [6, 6.07) is 0.439. The molecule has 1 N–H and O–H groups in total. The Kier molecular flexibility index (Phi) is 10.8. The maximum atomic E-state index is 14.2. The summed E-state index contributed by atoms with van der Waals surface area (Å²) >= 11 is 0. The number of carbonyl (C=O) groups is 3. The Morgan fingerprint density at radius 3 is 2.43 bits per heavy atom. The maximum absolute atomic E-state index is 14.2. The molecule has 0 unspecified atom stereocenters. The summed E-state index contributed by atoms with van der Waals surface area (Å²) < 4.78 is 85.0. The van der Waals surface area contributed by atoms with Gasteiger partial charge in [0.15, 0.2) is 0 Å². The van der Waals surface area contributed by atoms with Crippen LogP contribution in [-0.4, -0.2) is 84.3 Å². The van der Waals surface area contributed by atoms with Crippen molar-refractivity contribution in [2.24, 2.45) is 17.3 Å². The minimum atomic E-state index is -6.00. The van der Waals surface area contributed by atoms with Gasteiger partial charge in [-0.3, -0.25) is 14.2 Å². The molecule has 1 aromatic carbocycles. The van der Waals surface area contributed by atoms with Gasteiger partial charge in [-0.25, -0.2) is 9.59 Å². The number of hydrogen-bond donors (Lipinski definition) is 1. The lowest BCUT2D eigenvalue weighted by Gasteiger charge is -2.35. The van der Waals surface area contributed by atoms with Crippen LogP contribution in [0.5, 0.6) is 11.8 Å². The van der Waals surface area contributed by atoms with E-state index in [0.717, 1.165) is 44.6 Å². The summed E-state index contributed by atoms with van der Waals surface area (Å²) in [6.45, 7) is 7.33. The zero-order valence-electron chi connectivity index (χ0n) is 29.0. The van der Waals surface area contributed by atoms with Crippen LogP contribution in [0.4, 0.5) is 18.0 Å². The fourth-order valence-corrected chi connectivity index (χ4v) is 7.54. The molecule has 51 heavy (non-hydrogen) atoms. The zero-order valence-corrected chi connectivity index (χ0v) is 29.8. The Morgan fingerprint density at radius 2 is 1.76 bits per heavy atom. The van der Waals surface area contributed by atoms with Crippen molar-refractivity contribution < 1.29 is 54.4 Å². The van der Waals surface area contributed by atoms with Gasteiger partial charge in [0, 0.05) is 19.0 Å². The number of alkyl halides is 3. The quantitative estimate of drug-likeness (QED) is 0.270. The summed E-state index contributed by atoms with van der Waals surface area (Å²) in [7, 11) is -4.84. The Bertz CT molecular complexity index is 1830. The molecule has 0 spiro atoms. The van der Waals surface area contributed by atoms with Crippen LogP contribution < -0.4 is 19.8 Å². The number of rotatable bonds is 3. The van der Waals surface area contributed by atoms with Gasteiger partial charge in [0.1, 0.15) is 30.0 Å². The van der Waals surface area contributed by atoms with E-state index in [1.54, 1.807) is 20.8 Å². The van der Waals surface area contributed by atoms with Crippen molar-refractivity contribution in [3.05, 3.63) is 28.6 Å². The summed E-state index contributed by atoms with van der Waals surface area (Å²) in [4.78, 5) is 59.9. The predicted octanol–water partition coefficient (Wildman–Crippen LogP) is 4.28. The summed E-state index contributed by atoms with van der Waals surface area (Å²) in [5.74, 6) is -1.63. The Labute approximate surface area is 293 Å². The fraction of sp³-hybridized carbons (Fsp3) is 0.667. The smallest absolute Gasteiger partial charge is 0.467 e. The van der Waals surface area contributed by atoms with E-state index in [-0.39, 0.29) is 48.4 Å². The van der Waals surface area contributed by atoms with Gasteiger partial charge < -0.3 is 28.6 Å². The number of esters is 1. The molecule has 2 fully saturated rings. The van der Waals surface area contributed by atoms with Crippen molar-refractivity contribution in [2.75, 3.05) is 13.7 Å². The highest BCUT2D eigenvalue weighted by Gasteiger charge is 2.49. The van der Waals surface area contributed by atoms with E-state index in [9.17, 15) is 40.8 Å². The number of methoxy groups -OCH3 is 1. The van der Waals surface area contributed by atoms with Gasteiger partial charge in [0.25, 0.3) is 11.6 Å². The van der Waals surface area contributed by atoms with E-state index in [2.05, 4.69) is 21.4 Å². The van der Waals surface area contributed by atoms with E-state index in [1.165, 1.54) is 9.47 Å². The molecule has 2 bridgehead atoms. The number of ether oxygens (including phenoxy) is 3. The summed E-state index contributed by atoms with van der Waals surface area (Å²) in [5.41, 5.74) is -7.31. The molecule has 1 saturated carbocycles. The number of aromatic nitrogens is 2. The molecule has 6 atom stereocenters. The third-order valence-corrected chi connectivity index (χ3v) is 10.6. The Morgan fingerprint density at radius 1 is 1.04 bits per heavy atom. The van der Waals surface area contributed by atoms with E-state index >= 15 is 0 Å². The number of nitrogens with one attached hydrogen (secondary N) is 1. The number of fused-ring (bicyclic) bond motifs is 5. The Balaban J connectivity index is 1.55. The van der Waals surface area contributed by atoms with Crippen LogP contribution in [0.1, 0.15) is 72.6 Å². The highest BCUT2D eigenvalue weighted by Crippen LogP contribution is 2.37. The van der Waals surface area contributed by atoms with Gasteiger partial charge in [-0.1, -0.05) is 40.5 Å². The largest absolute Gasteiger partial charge is 0.534 e. The topological polar surface area (TPSA) is 172 Å². The normalized spacial score (nSPS) is 26.9. The van der Waals surface area contributed by atoms with Gasteiger partial charge in [0.2, 0.25) is 5.91 Å². The molecule has 1 aromatic heterocycles. The van der Waals surface area contributed by atoms with Crippen molar-refractivity contribution in [2.45, 2.75) is 109 Å². The van der Waals surface area contributed by atoms with E-state index in [0.29, 0.717) is 25.2 Å². The van der Waals surface area contributed by atoms with Gasteiger partial charge >= 0.3 is 27.7 Å². The van der Waals surface area contributed by atoms with Crippen molar-refractivity contribution in [3.63, 3.8) is 0 Å². The van der Waals surface area contributed by atoms with Crippen LogP contribution in [-0.2, 0) is 35.7 Å². The van der Waals surface area contributed by atoms with Crippen molar-refractivity contribution in [3.8, 4) is 11.8 Å². The summed E-state index contributed by atoms with van der Waals surface area (Å²) in [5, 5.41) is 2.72. The molecule has 1 saturated heterocycles. The van der Waals surface area contributed by atoms with E-state index in [1.807, 2.05) is 0 Å². The first-order valence-electron chi connectivity index (χ1n) is 16.9. The first-order chi connectivity index (χ1) is 23.8. The SMILES string of the molecule is COC(=O)[C@@H]1C[C@@H]2CN1C(=O)[C@H](C(C)(C)C)NC(=O)O[C@@H]1C[C@H](C)C[C@H]1CCCCCn1c(nc3cc(OS(=O)(=O)C(F)(F)F)ccc3c1=O)O2. The van der Waals surface area contributed by atoms with E-state index < -0.39 is 68.5 Å². The van der Waals surface area contributed by atoms with Gasteiger partial charge in [0.05, 0.1) is 24.6 Å². The molecule has 3 aliphatic rings. The van der Waals surface area contributed by atoms with Crippen molar-refractivity contribution >= 4 is 39.0 Å². The molecule has 2 aromatic rings. The molecule has 0 radical (unpaired) electrons. The second-order valence-corrected chi connectivity index (χ2v) is 16.1. The second-order valence-electron chi connectivity index (χ2n) is 14.6. The molecule has 5 rings (SSSR count). The second kappa shape index (κ2) is 14.5. The van der Waals surface area contributed by atoms with Crippen LogP contribution in [0.2, 0.25) is 0 Å². The van der Waals surface area contributed by atoms with Crippen LogP contribution in [0.15, 0.2) is 23.0 Å². The third kappa shape index (κ3) is 8.36. The molecule has 2 amide bonds. The molecule has 282 valence electrons. The monoisotopic (exact) mass is 744 g/mol. The van der Waals surface area contributed by atoms with Gasteiger partial charge in [-0.15, -0.1) is 0 Å². The van der Waals surface area contributed by atoms with Gasteiger partial charge in [-0.05, 0) is 55.1 Å². The van der Waals surface area contributed by atoms with Crippen molar-refractivity contribution in [1.82, 2.24) is 19.8 Å². The van der Waals surface area contributed by atoms with Crippen LogP contribution >= 0.6 is 0 Å². The lowest BCUT2D eigenvalue weighted by molar-refractivity contribution is -0.152. The lowest BCUT2D eigenvalue weighted by Crippen LogP contribution is -2.57. The van der Waals surface area contributed by atoms with Gasteiger partial charge in [-0.2, -0.15) is 26.6 Å². The molecule has 18 heteroatoms. The Hall–Kier alpha value is -4.09. The number of amides is 2. The standard InChI is InChI=1S/C33H43F3N4O10S/c1-18-13-19-9-7-6-8-12-39-27(41)22-11-10-20(50-51(45,46)33(34,35)36)15-23(22)37-30(39)48-21-16-24(29(43)47-5)40(17-21)28(42)26(32(2,3)4)38-31(44)49-25(19)14-18/h10-11,15,18-19,21,24-26H,6-9,12-14,16-17H2,1-5H3,(H,38,44)/t18-,19-,21-,24+,25-,26-/m1/s1. The lowest BCUT2D eigenvalue weighted by atomic mass is 9.85. The number of halogens is 3. The number of carbonyl (C=O) groups excluding carboxylic acids is 3. The van der Waals surface area contributed by atoms with Crippen LogP contribution in [0.3, 0.4) is 0 Å². The molecule has 2 aliphatic heterocycles. The van der Waals surface area contributed by atoms with Crippen molar-refractivity contribution in [1.29, 1.82) is 0 Å². The van der Waals surface area contributed by atoms with Crippen LogP contribution in [0, 0.1) is 17.3 Å². The number of hydrogen-bond acceptors (Lipinski definition) is 11. The van der Waals surface area contributed by atoms with Crippen LogP contribution in [0.25, 0.3) is 10.9 Å². The average molecular weight is 745 g/mol. The predicted molar refractivity (Wildman–Crippen MR) is 175 cm³/mol. The first kappa shape index (κ1) is 38.1. The number of benzene rings is 1. The number of nitrogens with zero attached hydrogens (tertiary/aromatic N) is 3. The highest BCUT2D eigenvalue weighted by atomic mass is 32.2.